The summed E-state index contributed by atoms with van der Waals surface area (Å²) < 4.78 is 28.7. The Morgan fingerprint density at radius 1 is 1.21 bits per heavy atom. The third-order valence-corrected chi connectivity index (χ3v) is 5.14. The maximum absolute atomic E-state index is 15.3. The van der Waals surface area contributed by atoms with E-state index < -0.39 is 28.6 Å². The molecule has 1 aliphatic heterocycles. The van der Waals surface area contributed by atoms with Gasteiger partial charge < -0.3 is 19.9 Å². The highest BCUT2D eigenvalue weighted by Crippen LogP contribution is 2.38. The van der Waals surface area contributed by atoms with Gasteiger partial charge in [0.05, 0.1) is 34.0 Å². The summed E-state index contributed by atoms with van der Waals surface area (Å²) in [5.41, 5.74) is -0.180. The van der Waals surface area contributed by atoms with Gasteiger partial charge in [-0.1, -0.05) is 0 Å². The predicted octanol–water partition coefficient (Wildman–Crippen LogP) is 2.32. The van der Waals surface area contributed by atoms with Crippen LogP contribution < -0.4 is 10.3 Å². The van der Waals surface area contributed by atoms with Gasteiger partial charge in [-0.2, -0.15) is 0 Å². The number of hydrogen-bond acceptors (Lipinski definition) is 5. The predicted molar refractivity (Wildman–Crippen MR) is 104 cm³/mol. The van der Waals surface area contributed by atoms with E-state index in [1.165, 1.54) is 12.1 Å². The van der Waals surface area contributed by atoms with Crippen molar-refractivity contribution in [1.82, 2.24) is 14.9 Å². The number of carboxylic acid groups (broad SMARTS) is 1. The minimum Gasteiger partial charge on any atom is -0.477 e. The van der Waals surface area contributed by atoms with Crippen LogP contribution >= 0.6 is 0 Å². The Labute approximate surface area is 164 Å². The first kappa shape index (κ1) is 19.0. The molecule has 2 aromatic heterocycles. The number of H-pyrrole nitrogens is 1. The van der Waals surface area contributed by atoms with E-state index in [1.54, 1.807) is 0 Å². The molecule has 0 saturated carbocycles. The molecule has 7 nitrogen and oxygen atoms in total. The first-order valence-electron chi connectivity index (χ1n) is 9.03. The molecular formula is C20H18F2N4O3. The van der Waals surface area contributed by atoms with Crippen LogP contribution in [-0.2, 0) is 0 Å². The summed E-state index contributed by atoms with van der Waals surface area (Å²) in [6, 6.07) is 3.67. The smallest absolute Gasteiger partial charge is 0.341 e. The molecule has 0 bridgehead atoms. The molecule has 1 fully saturated rings. The molecule has 3 heterocycles. The first-order valence-corrected chi connectivity index (χ1v) is 9.03. The highest BCUT2D eigenvalue weighted by Gasteiger charge is 2.26. The summed E-state index contributed by atoms with van der Waals surface area (Å²) in [5, 5.41) is 9.12. The third kappa shape index (κ3) is 3.33. The van der Waals surface area contributed by atoms with Crippen molar-refractivity contribution in [2.75, 3.05) is 38.1 Å². The number of aromatic carboxylic acids is 1. The van der Waals surface area contributed by atoms with Crippen molar-refractivity contribution < 1.29 is 18.7 Å². The molecular weight excluding hydrogens is 382 g/mol. The highest BCUT2D eigenvalue weighted by molar-refractivity contribution is 6.02. The number of nitrogens with one attached hydrogen (secondary N) is 1. The maximum atomic E-state index is 15.3. The molecule has 29 heavy (non-hydrogen) atoms. The number of piperazine rings is 1. The van der Waals surface area contributed by atoms with Crippen LogP contribution in [0.4, 0.5) is 14.5 Å². The average Bonchev–Trinajstić information content (AvgIpc) is 2.69. The molecule has 1 aromatic carbocycles. The average molecular weight is 400 g/mol. The number of pyridine rings is 2. The second-order valence-corrected chi connectivity index (χ2v) is 6.99. The molecule has 0 spiro atoms. The lowest BCUT2D eigenvalue weighted by Gasteiger charge is -2.35. The van der Waals surface area contributed by atoms with E-state index in [0.717, 1.165) is 31.5 Å². The van der Waals surface area contributed by atoms with Gasteiger partial charge in [-0.15, -0.1) is 0 Å². The van der Waals surface area contributed by atoms with Gasteiger partial charge in [0.1, 0.15) is 17.2 Å². The number of aromatic nitrogens is 2. The second-order valence-electron chi connectivity index (χ2n) is 6.99. The van der Waals surface area contributed by atoms with Crippen molar-refractivity contribution in [1.29, 1.82) is 0 Å². The summed E-state index contributed by atoms with van der Waals surface area (Å²) >= 11 is 0. The summed E-state index contributed by atoms with van der Waals surface area (Å²) in [6.07, 6.45) is 2.11. The first-order chi connectivity index (χ1) is 13.9. The maximum Gasteiger partial charge on any atom is 0.341 e. The van der Waals surface area contributed by atoms with Gasteiger partial charge in [0.15, 0.2) is 0 Å². The number of anilines is 1. The van der Waals surface area contributed by atoms with Crippen LogP contribution in [0.25, 0.3) is 22.2 Å². The Hall–Kier alpha value is -3.33. The monoisotopic (exact) mass is 400 g/mol. The fraction of sp³-hybridized carbons (Fsp3) is 0.250. The molecule has 150 valence electrons. The van der Waals surface area contributed by atoms with Gasteiger partial charge in [-0.05, 0) is 25.2 Å². The van der Waals surface area contributed by atoms with E-state index in [-0.39, 0.29) is 22.3 Å². The fourth-order valence-corrected chi connectivity index (χ4v) is 3.59. The van der Waals surface area contributed by atoms with Crippen LogP contribution in [0.3, 0.4) is 0 Å². The van der Waals surface area contributed by atoms with Gasteiger partial charge in [0.25, 0.3) is 0 Å². The zero-order valence-electron chi connectivity index (χ0n) is 15.6. The van der Waals surface area contributed by atoms with E-state index in [1.807, 2.05) is 11.9 Å². The molecule has 0 radical (unpaired) electrons. The van der Waals surface area contributed by atoms with Gasteiger partial charge in [-0.25, -0.2) is 13.6 Å². The number of nitrogens with zero attached hydrogens (tertiary/aromatic N) is 3. The van der Waals surface area contributed by atoms with Crippen molar-refractivity contribution in [3.05, 3.63) is 58.0 Å². The Morgan fingerprint density at radius 2 is 1.93 bits per heavy atom. The van der Waals surface area contributed by atoms with Crippen molar-refractivity contribution in [3.8, 4) is 11.3 Å². The van der Waals surface area contributed by atoms with E-state index in [4.69, 9.17) is 0 Å². The zero-order chi connectivity index (χ0) is 20.7. The standard InChI is InChI=1S/C20H18F2N4O3/c1-25-4-6-26(7-5-25)18-14(22)8-12-17(24-10-13(19(12)27)20(28)29)16(18)15-3-2-11(21)9-23-15/h2-3,8-10H,4-7H2,1H3,(H,24,27)(H,28,29). The Kier molecular flexibility index (Phi) is 4.75. The van der Waals surface area contributed by atoms with E-state index in [9.17, 15) is 19.1 Å². The summed E-state index contributed by atoms with van der Waals surface area (Å²) in [6.45, 7) is 2.57. The number of aromatic amines is 1. The van der Waals surface area contributed by atoms with Crippen LogP contribution in [0.1, 0.15) is 10.4 Å². The van der Waals surface area contributed by atoms with Crippen molar-refractivity contribution >= 4 is 22.6 Å². The third-order valence-electron chi connectivity index (χ3n) is 5.14. The normalized spacial score (nSPS) is 15.1. The van der Waals surface area contributed by atoms with Crippen LogP contribution in [0.15, 0.2) is 35.4 Å². The number of carboxylic acids is 1. The van der Waals surface area contributed by atoms with Gasteiger partial charge >= 0.3 is 5.97 Å². The largest absolute Gasteiger partial charge is 0.477 e. The van der Waals surface area contributed by atoms with Crippen LogP contribution in [0, 0.1) is 11.6 Å². The molecule has 3 aromatic rings. The van der Waals surface area contributed by atoms with Crippen molar-refractivity contribution in [2.24, 2.45) is 0 Å². The minimum absolute atomic E-state index is 0.0959. The van der Waals surface area contributed by atoms with E-state index in [0.29, 0.717) is 18.7 Å². The quantitative estimate of drug-likeness (QED) is 0.702. The fourth-order valence-electron chi connectivity index (χ4n) is 3.59. The topological polar surface area (TPSA) is 89.5 Å². The summed E-state index contributed by atoms with van der Waals surface area (Å²) in [4.78, 5) is 34.8. The highest BCUT2D eigenvalue weighted by atomic mass is 19.1. The molecule has 1 aliphatic rings. The lowest BCUT2D eigenvalue weighted by atomic mass is 10.00. The number of likely N-dealkylation sites (N-methyl/N-ethyl adjacent to an activating group) is 1. The minimum atomic E-state index is -1.40. The lowest BCUT2D eigenvalue weighted by Crippen LogP contribution is -2.45. The van der Waals surface area contributed by atoms with Gasteiger partial charge in [0.2, 0.25) is 5.43 Å². The van der Waals surface area contributed by atoms with Crippen LogP contribution in [0.5, 0.6) is 0 Å². The van der Waals surface area contributed by atoms with Crippen molar-refractivity contribution in [2.45, 2.75) is 0 Å². The molecule has 1 saturated heterocycles. The summed E-state index contributed by atoms with van der Waals surface area (Å²) in [7, 11) is 1.97. The van der Waals surface area contributed by atoms with Gasteiger partial charge in [0, 0.05) is 32.4 Å². The molecule has 0 unspecified atom stereocenters. The second kappa shape index (κ2) is 7.25. The SMILES string of the molecule is CN1CCN(c2c(F)cc3c(=O)c(C(=O)O)c[nH]c3c2-c2ccc(F)cn2)CC1. The number of carbonyl (C=O) groups is 1. The molecule has 4 rings (SSSR count). The Morgan fingerprint density at radius 3 is 2.55 bits per heavy atom. The van der Waals surface area contributed by atoms with Gasteiger partial charge in [-0.3, -0.25) is 9.78 Å². The zero-order valence-corrected chi connectivity index (χ0v) is 15.6. The number of benzene rings is 1. The Bertz CT molecular complexity index is 1150. The van der Waals surface area contributed by atoms with Crippen molar-refractivity contribution in [3.63, 3.8) is 0 Å². The lowest BCUT2D eigenvalue weighted by molar-refractivity contribution is 0.0695. The van der Waals surface area contributed by atoms with E-state index >= 15 is 4.39 Å². The molecule has 9 heteroatoms. The van der Waals surface area contributed by atoms with Crippen LogP contribution in [-0.4, -0.2) is 59.2 Å². The molecule has 0 aliphatic carbocycles. The number of hydrogen-bond donors (Lipinski definition) is 2. The Balaban J connectivity index is 2.03. The summed E-state index contributed by atoms with van der Waals surface area (Å²) in [5.74, 6) is -2.60. The number of fused-ring (bicyclic) bond motifs is 1. The molecule has 0 atom stereocenters. The number of rotatable bonds is 3. The number of halogens is 2. The molecule has 2 N–H and O–H groups in total. The van der Waals surface area contributed by atoms with Crippen LogP contribution in [0.2, 0.25) is 0 Å². The van der Waals surface area contributed by atoms with E-state index in [2.05, 4.69) is 14.9 Å². The molecule has 0 amide bonds.